The van der Waals surface area contributed by atoms with Crippen LogP contribution in [0.1, 0.15) is 16.8 Å². The Hall–Kier alpha value is -2.56. The standard InChI is InChI=1S/C14H15N3O2/c1-9-6-10(2)8-11(7-9)19-12-4-3-5-16-13(12)14(15)17-18/h3-8,18H,1-2H3,(H2,15,17). The molecule has 2 rings (SSSR count). The van der Waals surface area contributed by atoms with Crippen molar-refractivity contribution >= 4 is 5.84 Å². The topological polar surface area (TPSA) is 80.7 Å². The van der Waals surface area contributed by atoms with E-state index in [2.05, 4.69) is 16.2 Å². The number of rotatable bonds is 3. The highest BCUT2D eigenvalue weighted by Gasteiger charge is 2.10. The summed E-state index contributed by atoms with van der Waals surface area (Å²) in [6.07, 6.45) is 1.56. The van der Waals surface area contributed by atoms with E-state index in [1.807, 2.05) is 26.0 Å². The lowest BCUT2D eigenvalue weighted by Gasteiger charge is -2.10. The smallest absolute Gasteiger partial charge is 0.192 e. The normalized spacial score (nSPS) is 11.4. The van der Waals surface area contributed by atoms with Gasteiger partial charge in [-0.3, -0.25) is 0 Å². The summed E-state index contributed by atoms with van der Waals surface area (Å²) < 4.78 is 5.76. The molecule has 0 aliphatic rings. The fraction of sp³-hybridized carbons (Fsp3) is 0.143. The number of ether oxygens (including phenoxy) is 1. The number of aryl methyl sites for hydroxylation is 2. The van der Waals surface area contributed by atoms with Gasteiger partial charge in [0.1, 0.15) is 5.75 Å². The first-order valence-corrected chi connectivity index (χ1v) is 5.79. The lowest BCUT2D eigenvalue weighted by Crippen LogP contribution is -2.15. The maximum atomic E-state index is 8.73. The summed E-state index contributed by atoms with van der Waals surface area (Å²) in [5, 5.41) is 11.7. The number of amidine groups is 1. The van der Waals surface area contributed by atoms with E-state index in [1.165, 1.54) is 0 Å². The van der Waals surface area contributed by atoms with E-state index in [0.29, 0.717) is 17.2 Å². The number of nitrogens with two attached hydrogens (primary N) is 1. The van der Waals surface area contributed by atoms with Crippen LogP contribution in [0.15, 0.2) is 41.7 Å². The quantitative estimate of drug-likeness (QED) is 0.383. The molecule has 0 aliphatic heterocycles. The molecule has 0 bridgehead atoms. The third-order valence-electron chi connectivity index (χ3n) is 2.54. The van der Waals surface area contributed by atoms with Gasteiger partial charge in [-0.15, -0.1) is 0 Å². The second kappa shape index (κ2) is 5.39. The van der Waals surface area contributed by atoms with Crippen LogP contribution in [-0.2, 0) is 0 Å². The first-order chi connectivity index (χ1) is 9.10. The van der Waals surface area contributed by atoms with Crippen LogP contribution in [0, 0.1) is 13.8 Å². The van der Waals surface area contributed by atoms with Crippen LogP contribution in [0.4, 0.5) is 0 Å². The molecule has 2 aromatic rings. The van der Waals surface area contributed by atoms with Gasteiger partial charge in [-0.2, -0.15) is 0 Å². The van der Waals surface area contributed by atoms with Crippen molar-refractivity contribution in [3.8, 4) is 11.5 Å². The van der Waals surface area contributed by atoms with E-state index < -0.39 is 0 Å². The number of oxime groups is 1. The molecule has 0 spiro atoms. The van der Waals surface area contributed by atoms with Gasteiger partial charge in [-0.25, -0.2) is 4.98 Å². The van der Waals surface area contributed by atoms with Crippen molar-refractivity contribution in [1.29, 1.82) is 0 Å². The molecule has 0 unspecified atom stereocenters. The number of pyridine rings is 1. The summed E-state index contributed by atoms with van der Waals surface area (Å²) in [4.78, 5) is 4.05. The maximum absolute atomic E-state index is 8.73. The second-order valence-electron chi connectivity index (χ2n) is 4.26. The fourth-order valence-electron chi connectivity index (χ4n) is 1.83. The van der Waals surface area contributed by atoms with Gasteiger partial charge >= 0.3 is 0 Å². The van der Waals surface area contributed by atoms with Crippen LogP contribution in [0.25, 0.3) is 0 Å². The van der Waals surface area contributed by atoms with E-state index in [0.717, 1.165) is 11.1 Å². The molecule has 98 valence electrons. The van der Waals surface area contributed by atoms with E-state index in [4.69, 9.17) is 15.7 Å². The Kier molecular flexibility index (Phi) is 3.66. The highest BCUT2D eigenvalue weighted by atomic mass is 16.5. The summed E-state index contributed by atoms with van der Waals surface area (Å²) in [5.41, 5.74) is 8.08. The lowest BCUT2D eigenvalue weighted by molar-refractivity contribution is 0.318. The van der Waals surface area contributed by atoms with Gasteiger partial charge in [0.2, 0.25) is 0 Å². The zero-order valence-corrected chi connectivity index (χ0v) is 10.8. The van der Waals surface area contributed by atoms with Crippen molar-refractivity contribution in [2.45, 2.75) is 13.8 Å². The van der Waals surface area contributed by atoms with Crippen LogP contribution in [0.2, 0.25) is 0 Å². The average molecular weight is 257 g/mol. The van der Waals surface area contributed by atoms with Crippen LogP contribution in [0.3, 0.4) is 0 Å². The second-order valence-corrected chi connectivity index (χ2v) is 4.26. The highest BCUT2D eigenvalue weighted by molar-refractivity contribution is 5.97. The Morgan fingerprint density at radius 2 is 1.95 bits per heavy atom. The largest absolute Gasteiger partial charge is 0.455 e. The zero-order valence-electron chi connectivity index (χ0n) is 10.8. The first kappa shape index (κ1) is 12.9. The summed E-state index contributed by atoms with van der Waals surface area (Å²) >= 11 is 0. The Balaban J connectivity index is 2.38. The molecule has 5 nitrogen and oxygen atoms in total. The zero-order chi connectivity index (χ0) is 13.8. The van der Waals surface area contributed by atoms with Crippen molar-refractivity contribution in [2.75, 3.05) is 0 Å². The molecule has 0 atom stereocenters. The van der Waals surface area contributed by atoms with Crippen molar-refractivity contribution in [3.63, 3.8) is 0 Å². The maximum Gasteiger partial charge on any atom is 0.192 e. The lowest BCUT2D eigenvalue weighted by atomic mass is 10.1. The minimum Gasteiger partial charge on any atom is -0.455 e. The minimum absolute atomic E-state index is 0.0834. The number of aromatic nitrogens is 1. The monoisotopic (exact) mass is 257 g/mol. The van der Waals surface area contributed by atoms with Gasteiger partial charge in [0.05, 0.1) is 0 Å². The van der Waals surface area contributed by atoms with E-state index in [-0.39, 0.29) is 5.84 Å². The molecule has 0 radical (unpaired) electrons. The molecule has 1 aromatic heterocycles. The summed E-state index contributed by atoms with van der Waals surface area (Å²) in [6.45, 7) is 3.99. The number of hydrogen-bond donors (Lipinski definition) is 2. The molecular weight excluding hydrogens is 242 g/mol. The van der Waals surface area contributed by atoms with E-state index >= 15 is 0 Å². The Morgan fingerprint density at radius 3 is 2.58 bits per heavy atom. The van der Waals surface area contributed by atoms with Crippen LogP contribution in [-0.4, -0.2) is 16.0 Å². The van der Waals surface area contributed by atoms with Gasteiger partial charge in [0, 0.05) is 6.20 Å². The van der Waals surface area contributed by atoms with Crippen molar-refractivity contribution in [1.82, 2.24) is 4.98 Å². The van der Waals surface area contributed by atoms with Crippen LogP contribution >= 0.6 is 0 Å². The summed E-state index contributed by atoms with van der Waals surface area (Å²) in [6, 6.07) is 9.33. The predicted octanol–water partition coefficient (Wildman–Crippen LogP) is 2.59. The molecule has 19 heavy (non-hydrogen) atoms. The first-order valence-electron chi connectivity index (χ1n) is 5.79. The van der Waals surface area contributed by atoms with Crippen LogP contribution < -0.4 is 10.5 Å². The van der Waals surface area contributed by atoms with Gasteiger partial charge in [0.15, 0.2) is 17.3 Å². The molecule has 3 N–H and O–H groups in total. The molecule has 1 heterocycles. The van der Waals surface area contributed by atoms with Gasteiger partial charge in [0.25, 0.3) is 0 Å². The molecule has 0 amide bonds. The number of nitrogens with zero attached hydrogens (tertiary/aromatic N) is 2. The molecule has 0 fully saturated rings. The van der Waals surface area contributed by atoms with E-state index in [9.17, 15) is 0 Å². The molecular formula is C14H15N3O2. The number of hydrogen-bond acceptors (Lipinski definition) is 4. The molecule has 1 aromatic carbocycles. The molecule has 5 heteroatoms. The number of benzene rings is 1. The van der Waals surface area contributed by atoms with E-state index in [1.54, 1.807) is 18.3 Å². The van der Waals surface area contributed by atoms with Gasteiger partial charge < -0.3 is 15.7 Å². The third-order valence-corrected chi connectivity index (χ3v) is 2.54. The van der Waals surface area contributed by atoms with Crippen LogP contribution in [0.5, 0.6) is 11.5 Å². The fourth-order valence-corrected chi connectivity index (χ4v) is 1.83. The molecule has 0 saturated heterocycles. The summed E-state index contributed by atoms with van der Waals surface area (Å²) in [5.74, 6) is 1.06. The molecule has 0 saturated carbocycles. The van der Waals surface area contributed by atoms with Gasteiger partial charge in [-0.05, 0) is 49.2 Å². The third kappa shape index (κ3) is 3.01. The summed E-state index contributed by atoms with van der Waals surface area (Å²) in [7, 11) is 0. The Labute approximate surface area is 111 Å². The Morgan fingerprint density at radius 1 is 1.26 bits per heavy atom. The molecule has 0 aliphatic carbocycles. The van der Waals surface area contributed by atoms with Crippen molar-refractivity contribution < 1.29 is 9.94 Å². The van der Waals surface area contributed by atoms with Crippen molar-refractivity contribution in [2.24, 2.45) is 10.9 Å². The SMILES string of the molecule is Cc1cc(C)cc(Oc2cccnc2/C(N)=N/O)c1. The minimum atomic E-state index is -0.0834. The van der Waals surface area contributed by atoms with Crippen molar-refractivity contribution in [3.05, 3.63) is 53.3 Å². The van der Waals surface area contributed by atoms with Gasteiger partial charge in [-0.1, -0.05) is 11.2 Å². The predicted molar refractivity (Wildman–Crippen MR) is 72.7 cm³/mol. The average Bonchev–Trinajstić information content (AvgIpc) is 2.37. The Bertz CT molecular complexity index is 604. The highest BCUT2D eigenvalue weighted by Crippen LogP contribution is 2.25.